The molecule has 30 heavy (non-hydrogen) atoms. The lowest BCUT2D eigenvalue weighted by Crippen LogP contribution is -2.47. The van der Waals surface area contributed by atoms with Crippen LogP contribution >= 0.6 is 0 Å². The van der Waals surface area contributed by atoms with Gasteiger partial charge in [0.25, 0.3) is 0 Å². The van der Waals surface area contributed by atoms with E-state index >= 15 is 0 Å². The lowest BCUT2D eigenvalue weighted by molar-refractivity contribution is -0.168. The molecule has 0 bridgehead atoms. The average molecular weight is 409 g/mol. The van der Waals surface area contributed by atoms with Crippen molar-refractivity contribution in [1.82, 2.24) is 4.90 Å². The highest BCUT2D eigenvalue weighted by molar-refractivity contribution is 5.82. The monoisotopic (exact) mass is 409 g/mol. The third kappa shape index (κ3) is 2.97. The molecule has 0 aromatic heterocycles. The van der Waals surface area contributed by atoms with Crippen LogP contribution in [-0.4, -0.2) is 59.3 Å². The van der Waals surface area contributed by atoms with Gasteiger partial charge in [-0.3, -0.25) is 4.90 Å². The van der Waals surface area contributed by atoms with Crippen LogP contribution in [0.1, 0.15) is 30.9 Å². The van der Waals surface area contributed by atoms with Crippen molar-refractivity contribution < 1.29 is 28.9 Å². The fourth-order valence-corrected chi connectivity index (χ4v) is 4.90. The summed E-state index contributed by atoms with van der Waals surface area (Å²) in [7, 11) is 0. The van der Waals surface area contributed by atoms with Crippen molar-refractivity contribution in [3.63, 3.8) is 0 Å². The highest BCUT2D eigenvalue weighted by atomic mass is 16.8. The number of amides is 1. The molecule has 1 aliphatic carbocycles. The van der Waals surface area contributed by atoms with Gasteiger partial charge >= 0.3 is 12.1 Å². The molecule has 2 fully saturated rings. The molecule has 2 aliphatic heterocycles. The third-order valence-electron chi connectivity index (χ3n) is 6.07. The summed E-state index contributed by atoms with van der Waals surface area (Å²) in [4.78, 5) is 25.9. The van der Waals surface area contributed by atoms with Crippen LogP contribution in [0.4, 0.5) is 4.79 Å². The van der Waals surface area contributed by atoms with E-state index in [1.54, 1.807) is 13.8 Å². The van der Waals surface area contributed by atoms with E-state index in [0.29, 0.717) is 0 Å². The minimum atomic E-state index is -1.13. The fourth-order valence-electron chi connectivity index (χ4n) is 4.90. The maximum atomic E-state index is 12.9. The van der Waals surface area contributed by atoms with Crippen LogP contribution in [0.25, 0.3) is 11.1 Å². The van der Waals surface area contributed by atoms with Crippen molar-refractivity contribution in [3.05, 3.63) is 59.7 Å². The van der Waals surface area contributed by atoms with E-state index in [1.165, 1.54) is 4.90 Å². The van der Waals surface area contributed by atoms with E-state index in [1.807, 2.05) is 36.4 Å². The first-order valence-electron chi connectivity index (χ1n) is 10.1. The van der Waals surface area contributed by atoms with Crippen LogP contribution in [0, 0.1) is 0 Å². The predicted molar refractivity (Wildman–Crippen MR) is 107 cm³/mol. The van der Waals surface area contributed by atoms with Gasteiger partial charge in [-0.1, -0.05) is 48.5 Å². The number of carbonyl (C=O) groups is 2. The molecular formula is C23H23NO6. The summed E-state index contributed by atoms with van der Waals surface area (Å²) in [6, 6.07) is 15.0. The first-order valence-corrected chi connectivity index (χ1v) is 10.1. The predicted octanol–water partition coefficient (Wildman–Crippen LogP) is 3.22. The number of hydrogen-bond donors (Lipinski definition) is 1. The number of aliphatic carboxylic acids is 1. The number of rotatable bonds is 3. The first kappa shape index (κ1) is 19.1. The number of carboxylic acids is 1. The average Bonchev–Trinajstić information content (AvgIpc) is 3.31. The Kier molecular flexibility index (Phi) is 4.34. The molecule has 0 spiro atoms. The highest BCUT2D eigenvalue weighted by Crippen LogP contribution is 2.44. The van der Waals surface area contributed by atoms with E-state index in [2.05, 4.69) is 12.1 Å². The second-order valence-electron chi connectivity index (χ2n) is 8.38. The number of benzene rings is 2. The van der Waals surface area contributed by atoms with Gasteiger partial charge in [0.15, 0.2) is 11.8 Å². The number of carbonyl (C=O) groups excluding carboxylic acids is 1. The summed E-state index contributed by atoms with van der Waals surface area (Å²) in [5.74, 6) is -2.08. The van der Waals surface area contributed by atoms with E-state index < -0.39 is 36.1 Å². The number of likely N-dealkylation sites (tertiary alicyclic amines) is 1. The van der Waals surface area contributed by atoms with Crippen LogP contribution < -0.4 is 0 Å². The van der Waals surface area contributed by atoms with Crippen LogP contribution in [0.2, 0.25) is 0 Å². The van der Waals surface area contributed by atoms with Crippen molar-refractivity contribution >= 4 is 12.1 Å². The summed E-state index contributed by atoms with van der Waals surface area (Å²) in [5, 5.41) is 9.70. The molecule has 0 saturated carbocycles. The van der Waals surface area contributed by atoms with E-state index in [-0.39, 0.29) is 19.1 Å². The lowest BCUT2D eigenvalue weighted by atomic mass is 9.98. The molecule has 2 aromatic rings. The Morgan fingerprint density at radius 2 is 1.67 bits per heavy atom. The van der Waals surface area contributed by atoms with Gasteiger partial charge in [0, 0.05) is 5.92 Å². The zero-order chi connectivity index (χ0) is 21.0. The zero-order valence-electron chi connectivity index (χ0n) is 16.8. The van der Waals surface area contributed by atoms with Crippen LogP contribution in [0.15, 0.2) is 48.5 Å². The topological polar surface area (TPSA) is 85.3 Å². The Balaban J connectivity index is 1.34. The van der Waals surface area contributed by atoms with Crippen molar-refractivity contribution in [2.45, 2.75) is 43.8 Å². The Bertz CT molecular complexity index is 973. The zero-order valence-corrected chi connectivity index (χ0v) is 16.8. The second kappa shape index (κ2) is 6.82. The maximum Gasteiger partial charge on any atom is 0.410 e. The normalized spacial score (nSPS) is 26.2. The molecule has 2 aromatic carbocycles. The summed E-state index contributed by atoms with van der Waals surface area (Å²) < 4.78 is 17.1. The van der Waals surface area contributed by atoms with E-state index in [4.69, 9.17) is 14.2 Å². The Morgan fingerprint density at radius 1 is 1.07 bits per heavy atom. The summed E-state index contributed by atoms with van der Waals surface area (Å²) in [6.07, 6.45) is -1.86. The minimum Gasteiger partial charge on any atom is -0.480 e. The molecule has 156 valence electrons. The standard InChI is InChI=1S/C23H23NO6/c1-23(2)29-18-11-24(19(21(25)26)20(18)30-23)22(27)28-12-17-15-9-5-3-7-13(15)14-8-4-6-10-16(14)17/h3-10,17-20H,11-12H2,1-2H3,(H,25,26)/t18-,19-,20-/m0/s1. The number of fused-ring (bicyclic) bond motifs is 4. The summed E-state index contributed by atoms with van der Waals surface area (Å²) >= 11 is 0. The molecule has 0 unspecified atom stereocenters. The number of ether oxygens (including phenoxy) is 3. The smallest absolute Gasteiger partial charge is 0.410 e. The van der Waals surface area contributed by atoms with Gasteiger partial charge in [0.1, 0.15) is 18.8 Å². The van der Waals surface area contributed by atoms with Gasteiger partial charge in [0.05, 0.1) is 6.54 Å². The SMILES string of the molecule is CC1(C)O[C@H]2[C@H](CN(C(=O)OCC3c4ccccc4-c4ccccc43)[C@@H]2C(=O)O)O1. The van der Waals surface area contributed by atoms with E-state index in [9.17, 15) is 14.7 Å². The molecule has 2 heterocycles. The number of hydrogen-bond acceptors (Lipinski definition) is 5. The molecule has 7 nitrogen and oxygen atoms in total. The Hall–Kier alpha value is -2.90. The number of carboxylic acid groups (broad SMARTS) is 1. The van der Waals surface area contributed by atoms with Crippen LogP contribution in [0.3, 0.4) is 0 Å². The fraction of sp³-hybridized carbons (Fsp3) is 0.391. The highest BCUT2D eigenvalue weighted by Gasteiger charge is 2.57. The largest absolute Gasteiger partial charge is 0.480 e. The first-order chi connectivity index (χ1) is 14.4. The van der Waals surface area contributed by atoms with Crippen molar-refractivity contribution in [2.24, 2.45) is 0 Å². The summed E-state index contributed by atoms with van der Waals surface area (Å²) in [6.45, 7) is 3.74. The Morgan fingerprint density at radius 3 is 2.27 bits per heavy atom. The molecule has 3 aliphatic rings. The molecule has 5 rings (SSSR count). The van der Waals surface area contributed by atoms with Gasteiger partial charge in [-0.05, 0) is 36.1 Å². The summed E-state index contributed by atoms with van der Waals surface area (Å²) in [5.41, 5.74) is 4.48. The second-order valence-corrected chi connectivity index (χ2v) is 8.38. The molecule has 7 heteroatoms. The van der Waals surface area contributed by atoms with Gasteiger partial charge < -0.3 is 19.3 Å². The van der Waals surface area contributed by atoms with Crippen molar-refractivity contribution in [1.29, 1.82) is 0 Å². The molecule has 2 saturated heterocycles. The lowest BCUT2D eigenvalue weighted by Gasteiger charge is -2.27. The van der Waals surface area contributed by atoms with E-state index in [0.717, 1.165) is 22.3 Å². The molecule has 1 N–H and O–H groups in total. The molecule has 0 radical (unpaired) electrons. The third-order valence-corrected chi connectivity index (χ3v) is 6.07. The van der Waals surface area contributed by atoms with Gasteiger partial charge in [0.2, 0.25) is 0 Å². The minimum absolute atomic E-state index is 0.0850. The molecule has 3 atom stereocenters. The van der Waals surface area contributed by atoms with Crippen LogP contribution in [0.5, 0.6) is 0 Å². The van der Waals surface area contributed by atoms with Crippen LogP contribution in [-0.2, 0) is 19.0 Å². The maximum absolute atomic E-state index is 12.9. The Labute approximate surface area is 174 Å². The van der Waals surface area contributed by atoms with Crippen molar-refractivity contribution in [3.8, 4) is 11.1 Å². The van der Waals surface area contributed by atoms with Crippen molar-refractivity contribution in [2.75, 3.05) is 13.2 Å². The molecular weight excluding hydrogens is 386 g/mol. The van der Waals surface area contributed by atoms with Gasteiger partial charge in [-0.15, -0.1) is 0 Å². The number of nitrogens with zero attached hydrogens (tertiary/aromatic N) is 1. The quantitative estimate of drug-likeness (QED) is 0.838. The molecule has 1 amide bonds. The van der Waals surface area contributed by atoms with Gasteiger partial charge in [-0.2, -0.15) is 0 Å². The van der Waals surface area contributed by atoms with Gasteiger partial charge in [-0.25, -0.2) is 9.59 Å².